The van der Waals surface area contributed by atoms with E-state index in [-0.39, 0.29) is 13.1 Å². The van der Waals surface area contributed by atoms with Crippen LogP contribution in [0.1, 0.15) is 32.4 Å². The summed E-state index contributed by atoms with van der Waals surface area (Å²) in [6.07, 6.45) is -1.58. The third kappa shape index (κ3) is 6.79. The van der Waals surface area contributed by atoms with Crippen molar-refractivity contribution in [3.63, 3.8) is 0 Å². The molecule has 0 aliphatic rings. The Kier molecular flexibility index (Phi) is 7.70. The highest BCUT2D eigenvalue weighted by Gasteiger charge is 2.22. The molecular weight excluding hydrogens is 340 g/mol. The second-order valence-corrected chi connectivity index (χ2v) is 6.76. The van der Waals surface area contributed by atoms with Crippen LogP contribution in [0.5, 0.6) is 11.5 Å². The first kappa shape index (κ1) is 21.6. The average Bonchev–Trinajstić information content (AvgIpc) is 2.57. The summed E-state index contributed by atoms with van der Waals surface area (Å²) in [6, 6.07) is 5.03. The molecular formula is C18H28N2O6. The SMILES string of the molecule is COc1ccc(OC)c(C(O)CNC(=O)CN(C)C(=O)OC(C)(C)C)c1. The molecule has 1 unspecified atom stereocenters. The number of aliphatic hydroxyl groups excluding tert-OH is 1. The Morgan fingerprint density at radius 2 is 1.88 bits per heavy atom. The molecule has 1 atom stereocenters. The first-order chi connectivity index (χ1) is 12.1. The van der Waals surface area contributed by atoms with Crippen LogP contribution in [0.3, 0.4) is 0 Å². The molecule has 0 saturated carbocycles. The summed E-state index contributed by atoms with van der Waals surface area (Å²) in [7, 11) is 4.48. The summed E-state index contributed by atoms with van der Waals surface area (Å²) < 4.78 is 15.5. The van der Waals surface area contributed by atoms with E-state index < -0.39 is 23.7 Å². The maximum absolute atomic E-state index is 12.0. The maximum Gasteiger partial charge on any atom is 0.410 e. The molecule has 0 aliphatic heterocycles. The van der Waals surface area contributed by atoms with Crippen LogP contribution in [-0.4, -0.2) is 62.0 Å². The first-order valence-corrected chi connectivity index (χ1v) is 8.18. The molecule has 2 N–H and O–H groups in total. The minimum atomic E-state index is -0.990. The zero-order valence-electron chi connectivity index (χ0n) is 16.2. The lowest BCUT2D eigenvalue weighted by atomic mass is 10.1. The number of hydrogen-bond acceptors (Lipinski definition) is 6. The number of carbonyl (C=O) groups is 2. The molecule has 8 heteroatoms. The van der Waals surface area contributed by atoms with Crippen molar-refractivity contribution >= 4 is 12.0 Å². The van der Waals surface area contributed by atoms with E-state index in [0.29, 0.717) is 17.1 Å². The number of rotatable bonds is 7. The highest BCUT2D eigenvalue weighted by Crippen LogP contribution is 2.29. The molecule has 146 valence electrons. The Hall–Kier alpha value is -2.48. The van der Waals surface area contributed by atoms with Crippen molar-refractivity contribution in [3.05, 3.63) is 23.8 Å². The van der Waals surface area contributed by atoms with E-state index in [1.165, 1.54) is 26.2 Å². The number of aliphatic hydroxyl groups is 1. The summed E-state index contributed by atoms with van der Waals surface area (Å²) in [5, 5.41) is 12.9. The van der Waals surface area contributed by atoms with Gasteiger partial charge < -0.3 is 29.5 Å². The number of methoxy groups -OCH3 is 2. The highest BCUT2D eigenvalue weighted by molar-refractivity contribution is 5.82. The van der Waals surface area contributed by atoms with E-state index in [4.69, 9.17) is 14.2 Å². The number of ether oxygens (including phenoxy) is 3. The van der Waals surface area contributed by atoms with E-state index in [2.05, 4.69) is 5.32 Å². The van der Waals surface area contributed by atoms with Gasteiger partial charge in [0.15, 0.2) is 0 Å². The van der Waals surface area contributed by atoms with Gasteiger partial charge in [0, 0.05) is 19.2 Å². The number of nitrogens with zero attached hydrogens (tertiary/aromatic N) is 1. The van der Waals surface area contributed by atoms with Gasteiger partial charge in [-0.1, -0.05) is 0 Å². The van der Waals surface area contributed by atoms with Crippen molar-refractivity contribution in [3.8, 4) is 11.5 Å². The van der Waals surface area contributed by atoms with Crippen LogP contribution in [0.4, 0.5) is 4.79 Å². The van der Waals surface area contributed by atoms with Crippen LogP contribution in [0, 0.1) is 0 Å². The molecule has 1 aromatic rings. The van der Waals surface area contributed by atoms with E-state index in [0.717, 1.165) is 0 Å². The van der Waals surface area contributed by atoms with Gasteiger partial charge in [-0.15, -0.1) is 0 Å². The molecule has 2 amide bonds. The molecule has 0 aromatic heterocycles. The van der Waals surface area contributed by atoms with Crippen molar-refractivity contribution in [1.82, 2.24) is 10.2 Å². The third-order valence-electron chi connectivity index (χ3n) is 3.37. The molecule has 0 aliphatic carbocycles. The van der Waals surface area contributed by atoms with Crippen molar-refractivity contribution in [2.24, 2.45) is 0 Å². The second kappa shape index (κ2) is 9.28. The molecule has 1 rings (SSSR count). The Morgan fingerprint density at radius 1 is 1.23 bits per heavy atom. The molecule has 8 nitrogen and oxygen atoms in total. The standard InChI is InChI=1S/C18H28N2O6/c1-18(2,3)26-17(23)20(4)11-16(22)19-10-14(21)13-9-12(24-5)7-8-15(13)25-6/h7-9,14,21H,10-11H2,1-6H3,(H,19,22). The van der Waals surface area contributed by atoms with Crippen molar-refractivity contribution in [2.75, 3.05) is 34.4 Å². The molecule has 0 bridgehead atoms. The Balaban J connectivity index is 2.60. The van der Waals surface area contributed by atoms with Crippen LogP contribution >= 0.6 is 0 Å². The van der Waals surface area contributed by atoms with Gasteiger partial charge in [-0.05, 0) is 39.0 Å². The Labute approximate surface area is 154 Å². The average molecular weight is 368 g/mol. The van der Waals surface area contributed by atoms with Crippen molar-refractivity contribution in [2.45, 2.75) is 32.5 Å². The molecule has 0 spiro atoms. The lowest BCUT2D eigenvalue weighted by Crippen LogP contribution is -2.41. The Morgan fingerprint density at radius 3 is 2.42 bits per heavy atom. The molecule has 0 radical (unpaired) electrons. The van der Waals surface area contributed by atoms with E-state index in [9.17, 15) is 14.7 Å². The van der Waals surface area contributed by atoms with Crippen molar-refractivity contribution < 1.29 is 28.9 Å². The monoisotopic (exact) mass is 368 g/mol. The van der Waals surface area contributed by atoms with Gasteiger partial charge in [-0.25, -0.2) is 4.79 Å². The lowest BCUT2D eigenvalue weighted by Gasteiger charge is -2.24. The van der Waals surface area contributed by atoms with E-state index >= 15 is 0 Å². The predicted octanol–water partition coefficient (Wildman–Crippen LogP) is 1.72. The smallest absolute Gasteiger partial charge is 0.410 e. The maximum atomic E-state index is 12.0. The van der Waals surface area contributed by atoms with E-state index in [1.807, 2.05) is 0 Å². The molecule has 0 heterocycles. The Bertz CT molecular complexity index is 627. The topological polar surface area (TPSA) is 97.3 Å². The van der Waals surface area contributed by atoms with Crippen LogP contribution < -0.4 is 14.8 Å². The van der Waals surface area contributed by atoms with Gasteiger partial charge in [0.2, 0.25) is 5.91 Å². The minimum absolute atomic E-state index is 0.0372. The predicted molar refractivity (Wildman–Crippen MR) is 96.4 cm³/mol. The first-order valence-electron chi connectivity index (χ1n) is 8.18. The number of likely N-dealkylation sites (N-methyl/N-ethyl adjacent to an activating group) is 1. The minimum Gasteiger partial charge on any atom is -0.497 e. The fourth-order valence-corrected chi connectivity index (χ4v) is 2.10. The fourth-order valence-electron chi connectivity index (χ4n) is 2.10. The number of hydrogen-bond donors (Lipinski definition) is 2. The molecule has 26 heavy (non-hydrogen) atoms. The summed E-state index contributed by atoms with van der Waals surface area (Å²) >= 11 is 0. The van der Waals surface area contributed by atoms with Gasteiger partial charge in [0.05, 0.1) is 20.3 Å². The van der Waals surface area contributed by atoms with Gasteiger partial charge in [-0.3, -0.25) is 4.79 Å². The van der Waals surface area contributed by atoms with Gasteiger partial charge in [0.1, 0.15) is 23.6 Å². The van der Waals surface area contributed by atoms with Crippen LogP contribution in [0.2, 0.25) is 0 Å². The van der Waals surface area contributed by atoms with E-state index in [1.54, 1.807) is 39.0 Å². The molecule has 1 aromatic carbocycles. The van der Waals surface area contributed by atoms with Crippen LogP contribution in [-0.2, 0) is 9.53 Å². The van der Waals surface area contributed by atoms with Crippen molar-refractivity contribution in [1.29, 1.82) is 0 Å². The number of carbonyl (C=O) groups excluding carboxylic acids is 2. The zero-order chi connectivity index (χ0) is 19.9. The highest BCUT2D eigenvalue weighted by atomic mass is 16.6. The van der Waals surface area contributed by atoms with Crippen LogP contribution in [0.25, 0.3) is 0 Å². The summed E-state index contributed by atoms with van der Waals surface area (Å²) in [5.74, 6) is 0.633. The fraction of sp³-hybridized carbons (Fsp3) is 0.556. The molecule has 0 saturated heterocycles. The van der Waals surface area contributed by atoms with Gasteiger partial charge in [0.25, 0.3) is 0 Å². The van der Waals surface area contributed by atoms with Crippen LogP contribution in [0.15, 0.2) is 18.2 Å². The number of benzene rings is 1. The summed E-state index contributed by atoms with van der Waals surface area (Å²) in [4.78, 5) is 25.0. The largest absolute Gasteiger partial charge is 0.497 e. The van der Waals surface area contributed by atoms with Gasteiger partial charge in [-0.2, -0.15) is 0 Å². The number of amides is 2. The second-order valence-electron chi connectivity index (χ2n) is 6.76. The quantitative estimate of drug-likeness (QED) is 0.761. The summed E-state index contributed by atoms with van der Waals surface area (Å²) in [5.41, 5.74) is -0.145. The normalized spacial score (nSPS) is 12.1. The lowest BCUT2D eigenvalue weighted by molar-refractivity contribution is -0.122. The third-order valence-corrected chi connectivity index (χ3v) is 3.37. The zero-order valence-corrected chi connectivity index (χ0v) is 16.2. The number of nitrogens with one attached hydrogen (secondary N) is 1. The molecule has 0 fully saturated rings. The van der Waals surface area contributed by atoms with Gasteiger partial charge >= 0.3 is 6.09 Å². The summed E-state index contributed by atoms with van der Waals surface area (Å²) in [6.45, 7) is 5.02.